The molecule has 0 fully saturated rings. The first-order valence-electron chi connectivity index (χ1n) is 12.7. The molecule has 40 heavy (non-hydrogen) atoms. The van der Waals surface area contributed by atoms with Gasteiger partial charge in [0.15, 0.2) is 18.2 Å². The maximum Gasteiger partial charge on any atom is 0.344 e. The number of Topliss-reactive ketones (excluding diaryl/α,β-unsaturated/α-hetero) is 2. The van der Waals surface area contributed by atoms with E-state index in [-0.39, 0.29) is 37.1 Å². The molecule has 0 aliphatic heterocycles. The molecule has 2 aromatic carbocycles. The van der Waals surface area contributed by atoms with E-state index >= 15 is 0 Å². The Morgan fingerprint density at radius 2 is 1.18 bits per heavy atom. The third-order valence-electron chi connectivity index (χ3n) is 5.47. The lowest BCUT2D eigenvalue weighted by molar-refractivity contribution is -0.167. The topological polar surface area (TPSA) is 151 Å². The average molecular weight is 556 g/mol. The number of benzene rings is 2. The van der Waals surface area contributed by atoms with Crippen LogP contribution in [0.15, 0.2) is 48.5 Å². The molecule has 214 valence electrons. The van der Waals surface area contributed by atoms with E-state index in [9.17, 15) is 28.8 Å². The predicted octanol–water partition coefficient (Wildman–Crippen LogP) is 3.43. The van der Waals surface area contributed by atoms with E-state index in [0.717, 1.165) is 6.92 Å². The molecule has 0 radical (unpaired) electrons. The number of rotatable bonds is 14. The summed E-state index contributed by atoms with van der Waals surface area (Å²) in [6.07, 6.45) is -0.716. The Balaban J connectivity index is 2.14. The molecule has 2 rings (SSSR count). The Bertz CT molecular complexity index is 1210. The monoisotopic (exact) mass is 555 g/mol. The Morgan fingerprint density at radius 1 is 0.725 bits per heavy atom. The first-order chi connectivity index (χ1) is 18.9. The van der Waals surface area contributed by atoms with Gasteiger partial charge in [0.05, 0.1) is 25.6 Å². The third kappa shape index (κ3) is 8.48. The number of ether oxygens (including phenoxy) is 4. The zero-order valence-electron chi connectivity index (χ0n) is 23.1. The highest BCUT2D eigenvalue weighted by Crippen LogP contribution is 2.25. The van der Waals surface area contributed by atoms with Crippen molar-refractivity contribution in [1.29, 1.82) is 0 Å². The number of esters is 3. The van der Waals surface area contributed by atoms with Crippen molar-refractivity contribution < 1.29 is 47.7 Å². The maximum absolute atomic E-state index is 13.1. The molecule has 0 saturated heterocycles. The van der Waals surface area contributed by atoms with Crippen molar-refractivity contribution in [2.45, 2.75) is 46.6 Å². The van der Waals surface area contributed by atoms with Crippen molar-refractivity contribution in [2.75, 3.05) is 19.8 Å². The van der Waals surface area contributed by atoms with E-state index in [2.05, 4.69) is 5.32 Å². The lowest BCUT2D eigenvalue weighted by Crippen LogP contribution is -2.62. The summed E-state index contributed by atoms with van der Waals surface area (Å²) >= 11 is 0. The highest BCUT2D eigenvalue weighted by molar-refractivity contribution is 6.13. The van der Waals surface area contributed by atoms with Gasteiger partial charge in [0.2, 0.25) is 11.4 Å². The number of ketones is 2. The highest BCUT2D eigenvalue weighted by atomic mass is 16.6. The van der Waals surface area contributed by atoms with Gasteiger partial charge in [-0.3, -0.25) is 19.2 Å². The molecule has 2 aromatic rings. The maximum atomic E-state index is 13.1. The van der Waals surface area contributed by atoms with Crippen LogP contribution >= 0.6 is 0 Å². The van der Waals surface area contributed by atoms with E-state index < -0.39 is 41.6 Å². The second-order valence-electron chi connectivity index (χ2n) is 8.96. The van der Waals surface area contributed by atoms with E-state index in [1.807, 2.05) is 0 Å². The third-order valence-corrected chi connectivity index (χ3v) is 5.47. The number of nitrogens with one attached hydrogen (secondary N) is 1. The predicted molar refractivity (Wildman–Crippen MR) is 142 cm³/mol. The van der Waals surface area contributed by atoms with Crippen molar-refractivity contribution in [3.05, 3.63) is 59.7 Å². The van der Waals surface area contributed by atoms with Gasteiger partial charge in [0.25, 0.3) is 0 Å². The molecule has 0 aliphatic carbocycles. The molecular formula is C29H33NO10. The molecule has 0 aromatic heterocycles. The number of carbonyl (C=O) groups excluding carboxylic acids is 6. The van der Waals surface area contributed by atoms with E-state index in [1.165, 1.54) is 50.2 Å². The molecule has 11 nitrogen and oxygen atoms in total. The lowest BCUT2D eigenvalue weighted by Gasteiger charge is -2.29. The van der Waals surface area contributed by atoms with Gasteiger partial charge in [-0.25, -0.2) is 9.59 Å². The Labute approximate surface area is 232 Å². The van der Waals surface area contributed by atoms with Crippen molar-refractivity contribution in [2.24, 2.45) is 5.92 Å². The molecule has 1 amide bonds. The SMILES string of the molecule is CCOC(=O)C(CC(=O)c1ccc(Oc2ccc(C(=O)COC(=O)C(C)C)cc2)cc1)(NC(C)=O)C(=O)OCC. The molecular weight excluding hydrogens is 522 g/mol. The molecule has 0 atom stereocenters. The second kappa shape index (κ2) is 14.6. The quantitative estimate of drug-likeness (QED) is 0.159. The number of hydrogen-bond acceptors (Lipinski definition) is 10. The van der Waals surface area contributed by atoms with Crippen LogP contribution in [0.4, 0.5) is 0 Å². The first kappa shape index (κ1) is 31.7. The molecule has 1 N–H and O–H groups in total. The molecule has 0 heterocycles. The largest absolute Gasteiger partial charge is 0.464 e. The lowest BCUT2D eigenvalue weighted by atomic mass is 9.89. The summed E-state index contributed by atoms with van der Waals surface area (Å²) in [6.45, 7) is 6.98. The molecule has 0 bridgehead atoms. The molecule has 11 heteroatoms. The molecule has 0 aliphatic rings. The fraction of sp³-hybridized carbons (Fsp3) is 0.379. The minimum absolute atomic E-state index is 0.0828. The van der Waals surface area contributed by atoms with Gasteiger partial charge in [0, 0.05) is 18.1 Å². The van der Waals surface area contributed by atoms with Crippen molar-refractivity contribution >= 4 is 35.4 Å². The van der Waals surface area contributed by atoms with Crippen LogP contribution in [0.3, 0.4) is 0 Å². The highest BCUT2D eigenvalue weighted by Gasteiger charge is 2.51. The summed E-state index contributed by atoms with van der Waals surface area (Å²) in [5, 5.41) is 2.26. The van der Waals surface area contributed by atoms with Gasteiger partial charge in [-0.1, -0.05) is 13.8 Å². The van der Waals surface area contributed by atoms with Gasteiger partial charge in [0.1, 0.15) is 11.5 Å². The van der Waals surface area contributed by atoms with E-state index in [0.29, 0.717) is 17.1 Å². The Hall–Kier alpha value is -4.54. The Kier molecular flexibility index (Phi) is 11.5. The van der Waals surface area contributed by atoms with Gasteiger partial charge in [-0.15, -0.1) is 0 Å². The van der Waals surface area contributed by atoms with E-state index in [4.69, 9.17) is 18.9 Å². The van der Waals surface area contributed by atoms with Crippen molar-refractivity contribution in [1.82, 2.24) is 5.32 Å². The zero-order chi connectivity index (χ0) is 29.9. The van der Waals surface area contributed by atoms with Crippen LogP contribution in [0, 0.1) is 5.92 Å². The molecule has 0 unspecified atom stereocenters. The second-order valence-corrected chi connectivity index (χ2v) is 8.96. The van der Waals surface area contributed by atoms with Crippen LogP contribution in [0.1, 0.15) is 61.8 Å². The fourth-order valence-corrected chi connectivity index (χ4v) is 3.47. The van der Waals surface area contributed by atoms with Crippen molar-refractivity contribution in [3.63, 3.8) is 0 Å². The molecule has 0 saturated carbocycles. The minimum atomic E-state index is -2.34. The van der Waals surface area contributed by atoms with Crippen LogP contribution in [0.2, 0.25) is 0 Å². The molecule has 0 spiro atoms. The summed E-state index contributed by atoms with van der Waals surface area (Å²) in [7, 11) is 0. The van der Waals surface area contributed by atoms with Crippen molar-refractivity contribution in [3.8, 4) is 11.5 Å². The zero-order valence-corrected chi connectivity index (χ0v) is 23.1. The summed E-state index contributed by atoms with van der Waals surface area (Å²) in [6, 6.07) is 12.1. The van der Waals surface area contributed by atoms with E-state index in [1.54, 1.807) is 26.0 Å². The number of hydrogen-bond donors (Lipinski definition) is 1. The van der Waals surface area contributed by atoms with Crippen LogP contribution in [0.25, 0.3) is 0 Å². The standard InChI is InChI=1S/C29H33NO10/c1-6-37-27(35)29(30-19(5)31,28(36)38-7-2)16-24(32)20-8-12-22(13-9-20)40-23-14-10-21(11-15-23)25(33)17-39-26(34)18(3)4/h8-15,18H,6-7,16-17H2,1-5H3,(H,30,31). The fourth-order valence-electron chi connectivity index (χ4n) is 3.47. The van der Waals surface area contributed by atoms with Crippen LogP contribution < -0.4 is 10.1 Å². The minimum Gasteiger partial charge on any atom is -0.464 e. The van der Waals surface area contributed by atoms with Gasteiger partial charge >= 0.3 is 17.9 Å². The van der Waals surface area contributed by atoms with Crippen LogP contribution in [-0.4, -0.2) is 60.7 Å². The summed E-state index contributed by atoms with van der Waals surface area (Å²) in [5.41, 5.74) is -1.85. The first-order valence-corrected chi connectivity index (χ1v) is 12.7. The Morgan fingerprint density at radius 3 is 1.57 bits per heavy atom. The summed E-state index contributed by atoms with van der Waals surface area (Å²) < 4.78 is 20.7. The normalized spacial score (nSPS) is 10.8. The van der Waals surface area contributed by atoms with Crippen LogP contribution in [0.5, 0.6) is 11.5 Å². The van der Waals surface area contributed by atoms with Gasteiger partial charge in [-0.05, 0) is 62.4 Å². The summed E-state index contributed by atoms with van der Waals surface area (Å²) in [5.74, 6) is -3.92. The average Bonchev–Trinajstić information content (AvgIpc) is 2.91. The number of amides is 1. The van der Waals surface area contributed by atoms with Gasteiger partial charge < -0.3 is 24.3 Å². The smallest absolute Gasteiger partial charge is 0.344 e. The van der Waals surface area contributed by atoms with Crippen LogP contribution in [-0.2, 0) is 33.4 Å². The summed E-state index contributed by atoms with van der Waals surface area (Å²) in [4.78, 5) is 74.2. The number of carbonyl (C=O) groups is 6. The van der Waals surface area contributed by atoms with Gasteiger partial charge in [-0.2, -0.15) is 0 Å².